The van der Waals surface area contributed by atoms with Gasteiger partial charge < -0.3 is 15.1 Å². The van der Waals surface area contributed by atoms with E-state index in [1.807, 2.05) is 36.9 Å². The number of nitrogens with one attached hydrogen (secondary N) is 1. The van der Waals surface area contributed by atoms with Gasteiger partial charge in [0.05, 0.1) is 0 Å². The number of carbonyl (C=O) groups is 2. The van der Waals surface area contributed by atoms with Gasteiger partial charge in [0, 0.05) is 38.8 Å². The van der Waals surface area contributed by atoms with Crippen LogP contribution in [0, 0.1) is 5.92 Å². The van der Waals surface area contributed by atoms with Crippen molar-refractivity contribution in [1.82, 2.24) is 15.2 Å². The summed E-state index contributed by atoms with van der Waals surface area (Å²) in [6, 6.07) is 5.37. The van der Waals surface area contributed by atoms with Crippen molar-refractivity contribution >= 4 is 17.6 Å². The minimum absolute atomic E-state index is 0.0113. The van der Waals surface area contributed by atoms with E-state index < -0.39 is 6.04 Å². The Kier molecular flexibility index (Phi) is 5.96. The lowest BCUT2D eigenvalue weighted by molar-refractivity contribution is -0.136. The molecule has 0 bridgehead atoms. The van der Waals surface area contributed by atoms with Gasteiger partial charge in [-0.05, 0) is 25.0 Å². The van der Waals surface area contributed by atoms with Crippen LogP contribution >= 0.6 is 0 Å². The Bertz CT molecular complexity index is 525. The lowest BCUT2D eigenvalue weighted by atomic mass is 10.1. The number of amides is 2. The maximum Gasteiger partial charge on any atom is 0.244 e. The first-order valence-corrected chi connectivity index (χ1v) is 8.21. The predicted octanol–water partition coefficient (Wildman–Crippen LogP) is 1.28. The van der Waals surface area contributed by atoms with Crippen molar-refractivity contribution in [2.75, 3.05) is 31.1 Å². The average molecular weight is 318 g/mol. The van der Waals surface area contributed by atoms with Gasteiger partial charge in [-0.25, -0.2) is 4.98 Å². The maximum atomic E-state index is 12.4. The van der Waals surface area contributed by atoms with Crippen molar-refractivity contribution in [1.29, 1.82) is 0 Å². The van der Waals surface area contributed by atoms with Gasteiger partial charge in [0.1, 0.15) is 11.9 Å². The number of carbonyl (C=O) groups excluding carboxylic acids is 2. The quantitative estimate of drug-likeness (QED) is 0.888. The summed E-state index contributed by atoms with van der Waals surface area (Å²) in [4.78, 5) is 32.6. The maximum absolute atomic E-state index is 12.4. The van der Waals surface area contributed by atoms with Gasteiger partial charge in [-0.3, -0.25) is 9.59 Å². The standard InChI is InChI=1S/C17H26N4O2/c1-13(2)12-16(22)19-14(3)17(23)21-10-8-20(9-11-21)15-6-4-5-7-18-15/h4-7,13-14H,8-12H2,1-3H3,(H,19,22). The zero-order valence-electron chi connectivity index (χ0n) is 14.2. The van der Waals surface area contributed by atoms with Crippen LogP contribution in [-0.2, 0) is 9.59 Å². The van der Waals surface area contributed by atoms with Crippen molar-refractivity contribution in [3.8, 4) is 0 Å². The number of hydrogen-bond acceptors (Lipinski definition) is 4. The first kappa shape index (κ1) is 17.2. The molecule has 6 heteroatoms. The Morgan fingerprint density at radius 1 is 1.17 bits per heavy atom. The second-order valence-corrected chi connectivity index (χ2v) is 6.39. The van der Waals surface area contributed by atoms with Crippen LogP contribution in [0.4, 0.5) is 5.82 Å². The molecule has 1 N–H and O–H groups in total. The second kappa shape index (κ2) is 7.94. The van der Waals surface area contributed by atoms with Crippen LogP contribution in [0.25, 0.3) is 0 Å². The number of aromatic nitrogens is 1. The van der Waals surface area contributed by atoms with Gasteiger partial charge in [-0.2, -0.15) is 0 Å². The molecule has 0 radical (unpaired) electrons. The lowest BCUT2D eigenvalue weighted by Gasteiger charge is -2.36. The highest BCUT2D eigenvalue weighted by atomic mass is 16.2. The highest BCUT2D eigenvalue weighted by molar-refractivity contribution is 5.87. The summed E-state index contributed by atoms with van der Waals surface area (Å²) >= 11 is 0. The predicted molar refractivity (Wildman–Crippen MR) is 90.1 cm³/mol. The molecule has 1 fully saturated rings. The van der Waals surface area contributed by atoms with Crippen molar-refractivity contribution < 1.29 is 9.59 Å². The first-order chi connectivity index (χ1) is 11.0. The van der Waals surface area contributed by atoms with Gasteiger partial charge >= 0.3 is 0 Å². The van der Waals surface area contributed by atoms with E-state index in [0.717, 1.165) is 18.9 Å². The molecule has 1 unspecified atom stereocenters. The number of pyridine rings is 1. The van der Waals surface area contributed by atoms with Gasteiger partial charge in [0.2, 0.25) is 11.8 Å². The third-order valence-electron chi connectivity index (χ3n) is 3.91. The van der Waals surface area contributed by atoms with E-state index in [2.05, 4.69) is 15.2 Å². The molecule has 1 aromatic rings. The molecule has 1 aliphatic heterocycles. The third kappa shape index (κ3) is 4.94. The van der Waals surface area contributed by atoms with Crippen LogP contribution in [0.3, 0.4) is 0 Å². The van der Waals surface area contributed by atoms with Crippen LogP contribution in [0.1, 0.15) is 27.2 Å². The van der Waals surface area contributed by atoms with E-state index in [1.165, 1.54) is 0 Å². The zero-order valence-corrected chi connectivity index (χ0v) is 14.2. The molecule has 2 heterocycles. The normalized spacial score (nSPS) is 16.3. The van der Waals surface area contributed by atoms with Crippen molar-refractivity contribution in [2.24, 2.45) is 5.92 Å². The monoisotopic (exact) mass is 318 g/mol. The molecule has 126 valence electrons. The van der Waals surface area contributed by atoms with Gasteiger partial charge in [0.25, 0.3) is 0 Å². The van der Waals surface area contributed by atoms with E-state index in [0.29, 0.717) is 25.4 Å². The molecule has 0 spiro atoms. The molecule has 2 amide bonds. The summed E-state index contributed by atoms with van der Waals surface area (Å²) in [7, 11) is 0. The molecular weight excluding hydrogens is 292 g/mol. The Morgan fingerprint density at radius 2 is 1.87 bits per heavy atom. The van der Waals surface area contributed by atoms with Crippen LogP contribution in [0.15, 0.2) is 24.4 Å². The minimum Gasteiger partial charge on any atom is -0.353 e. The fraction of sp³-hybridized carbons (Fsp3) is 0.588. The largest absolute Gasteiger partial charge is 0.353 e. The van der Waals surface area contributed by atoms with Crippen molar-refractivity contribution in [3.05, 3.63) is 24.4 Å². The fourth-order valence-electron chi connectivity index (χ4n) is 2.70. The second-order valence-electron chi connectivity index (χ2n) is 6.39. The molecular formula is C17H26N4O2. The third-order valence-corrected chi connectivity index (χ3v) is 3.91. The van der Waals surface area contributed by atoms with E-state index in [4.69, 9.17) is 0 Å². The van der Waals surface area contributed by atoms with Crippen LogP contribution in [0.5, 0.6) is 0 Å². The highest BCUT2D eigenvalue weighted by Crippen LogP contribution is 2.13. The fourth-order valence-corrected chi connectivity index (χ4v) is 2.70. The summed E-state index contributed by atoms with van der Waals surface area (Å²) in [6.07, 6.45) is 2.23. The van der Waals surface area contributed by atoms with Gasteiger partial charge in [-0.15, -0.1) is 0 Å². The van der Waals surface area contributed by atoms with Gasteiger partial charge in [-0.1, -0.05) is 19.9 Å². The van der Waals surface area contributed by atoms with Crippen LogP contribution < -0.4 is 10.2 Å². The highest BCUT2D eigenvalue weighted by Gasteiger charge is 2.26. The molecule has 0 saturated carbocycles. The Balaban J connectivity index is 1.82. The molecule has 1 aliphatic rings. The number of hydrogen-bond donors (Lipinski definition) is 1. The molecule has 1 atom stereocenters. The van der Waals surface area contributed by atoms with E-state index in [1.54, 1.807) is 13.1 Å². The van der Waals surface area contributed by atoms with Crippen molar-refractivity contribution in [3.63, 3.8) is 0 Å². The Morgan fingerprint density at radius 3 is 2.43 bits per heavy atom. The van der Waals surface area contributed by atoms with E-state index >= 15 is 0 Å². The first-order valence-electron chi connectivity index (χ1n) is 8.21. The molecule has 1 aromatic heterocycles. The number of nitrogens with zero attached hydrogens (tertiary/aromatic N) is 3. The zero-order chi connectivity index (χ0) is 16.8. The molecule has 1 saturated heterocycles. The number of rotatable bonds is 5. The van der Waals surface area contributed by atoms with Crippen LogP contribution in [-0.4, -0.2) is 53.9 Å². The summed E-state index contributed by atoms with van der Waals surface area (Å²) in [5.41, 5.74) is 0. The summed E-state index contributed by atoms with van der Waals surface area (Å²) < 4.78 is 0. The molecule has 0 aliphatic carbocycles. The summed E-state index contributed by atoms with van der Waals surface area (Å²) in [5.74, 6) is 1.16. The molecule has 0 aromatic carbocycles. The summed E-state index contributed by atoms with van der Waals surface area (Å²) in [6.45, 7) is 8.56. The average Bonchev–Trinajstić information content (AvgIpc) is 2.54. The molecule has 2 rings (SSSR count). The Labute approximate surface area is 137 Å². The molecule has 23 heavy (non-hydrogen) atoms. The number of piperazine rings is 1. The molecule has 6 nitrogen and oxygen atoms in total. The van der Waals surface area contributed by atoms with E-state index in [9.17, 15) is 9.59 Å². The van der Waals surface area contributed by atoms with Gasteiger partial charge in [0.15, 0.2) is 0 Å². The number of anilines is 1. The minimum atomic E-state index is -0.470. The van der Waals surface area contributed by atoms with Crippen LogP contribution in [0.2, 0.25) is 0 Å². The SMILES string of the molecule is CC(C)CC(=O)NC(C)C(=O)N1CCN(c2ccccn2)CC1. The van der Waals surface area contributed by atoms with E-state index in [-0.39, 0.29) is 11.8 Å². The lowest BCUT2D eigenvalue weighted by Crippen LogP contribution is -2.54. The topological polar surface area (TPSA) is 65.5 Å². The summed E-state index contributed by atoms with van der Waals surface area (Å²) in [5, 5.41) is 2.80. The Hall–Kier alpha value is -2.11. The van der Waals surface area contributed by atoms with Crippen molar-refractivity contribution in [2.45, 2.75) is 33.2 Å². The smallest absolute Gasteiger partial charge is 0.244 e.